The number of thiazole rings is 1. The molecule has 0 N–H and O–H groups in total. The molecule has 84 valence electrons. The van der Waals surface area contributed by atoms with Crippen molar-refractivity contribution in [3.8, 4) is 0 Å². The second-order valence-electron chi connectivity index (χ2n) is 3.95. The van der Waals surface area contributed by atoms with Gasteiger partial charge in [0.05, 0.1) is 16.1 Å². The van der Waals surface area contributed by atoms with Gasteiger partial charge in [-0.25, -0.2) is 4.98 Å². The summed E-state index contributed by atoms with van der Waals surface area (Å²) in [7, 11) is 0. The van der Waals surface area contributed by atoms with Gasteiger partial charge < -0.3 is 0 Å². The highest BCUT2D eigenvalue weighted by atomic mass is 35.5. The molecule has 0 amide bonds. The lowest BCUT2D eigenvalue weighted by molar-refractivity contribution is 0.882. The minimum atomic E-state index is -0.0207. The number of aryl methyl sites for hydroxylation is 2. The summed E-state index contributed by atoms with van der Waals surface area (Å²) in [6, 6.07) is 8.49. The van der Waals surface area contributed by atoms with Gasteiger partial charge in [0.1, 0.15) is 0 Å². The van der Waals surface area contributed by atoms with Gasteiger partial charge in [0.15, 0.2) is 0 Å². The summed E-state index contributed by atoms with van der Waals surface area (Å²) in [5, 5.41) is 3.10. The zero-order chi connectivity index (χ0) is 11.5. The summed E-state index contributed by atoms with van der Waals surface area (Å²) in [6.07, 6.45) is 0.838. The summed E-state index contributed by atoms with van der Waals surface area (Å²) < 4.78 is 0. The third-order valence-corrected chi connectivity index (χ3v) is 3.66. The smallest absolute Gasteiger partial charge is 0.0897 e. The van der Waals surface area contributed by atoms with Crippen molar-refractivity contribution in [1.29, 1.82) is 0 Å². The van der Waals surface area contributed by atoms with Gasteiger partial charge in [0.2, 0.25) is 0 Å². The summed E-state index contributed by atoms with van der Waals surface area (Å²) in [4.78, 5) is 4.41. The zero-order valence-electron chi connectivity index (χ0n) is 9.40. The van der Waals surface area contributed by atoms with E-state index in [1.165, 1.54) is 11.1 Å². The van der Waals surface area contributed by atoms with Gasteiger partial charge in [0, 0.05) is 5.38 Å². The molecule has 1 aromatic carbocycles. The van der Waals surface area contributed by atoms with E-state index in [0.29, 0.717) is 0 Å². The quantitative estimate of drug-likeness (QED) is 0.742. The van der Waals surface area contributed by atoms with E-state index in [2.05, 4.69) is 36.2 Å². The molecular formula is C13H14ClNS. The summed E-state index contributed by atoms with van der Waals surface area (Å²) >= 11 is 7.99. The monoisotopic (exact) mass is 251 g/mol. The molecule has 1 heterocycles. The number of aromatic nitrogens is 1. The van der Waals surface area contributed by atoms with E-state index in [4.69, 9.17) is 11.6 Å². The van der Waals surface area contributed by atoms with Crippen LogP contribution >= 0.6 is 22.9 Å². The minimum absolute atomic E-state index is 0.0207. The van der Waals surface area contributed by atoms with Crippen LogP contribution < -0.4 is 0 Å². The Balaban J connectivity index is 2.07. The molecular weight excluding hydrogens is 238 g/mol. The molecule has 1 unspecified atom stereocenters. The predicted molar refractivity (Wildman–Crippen MR) is 70.3 cm³/mol. The van der Waals surface area contributed by atoms with Gasteiger partial charge in [-0.15, -0.1) is 22.9 Å². The van der Waals surface area contributed by atoms with Crippen LogP contribution in [0, 0.1) is 13.8 Å². The maximum absolute atomic E-state index is 6.34. The second kappa shape index (κ2) is 4.98. The fraction of sp³-hybridized carbons (Fsp3) is 0.308. The van der Waals surface area contributed by atoms with Crippen molar-refractivity contribution in [1.82, 2.24) is 4.98 Å². The molecule has 0 saturated carbocycles. The van der Waals surface area contributed by atoms with Crippen LogP contribution in [0.4, 0.5) is 0 Å². The Morgan fingerprint density at radius 3 is 2.50 bits per heavy atom. The number of halogens is 1. The molecule has 0 spiro atoms. The Hall–Kier alpha value is -0.860. The first kappa shape index (κ1) is 11.6. The van der Waals surface area contributed by atoms with E-state index in [9.17, 15) is 0 Å². The SMILES string of the molecule is Cc1ccc(CC(Cl)c2csc(C)n2)cc1. The first-order chi connectivity index (χ1) is 7.65. The first-order valence-corrected chi connectivity index (χ1v) is 6.58. The molecule has 2 rings (SSSR count). The van der Waals surface area contributed by atoms with Crippen molar-refractivity contribution >= 4 is 22.9 Å². The Bertz CT molecular complexity index is 461. The van der Waals surface area contributed by atoms with Crippen LogP contribution in [0.2, 0.25) is 0 Å². The summed E-state index contributed by atoms with van der Waals surface area (Å²) in [5.41, 5.74) is 3.53. The maximum atomic E-state index is 6.34. The molecule has 0 radical (unpaired) electrons. The van der Waals surface area contributed by atoms with Gasteiger partial charge in [-0.1, -0.05) is 29.8 Å². The molecule has 0 fully saturated rings. The van der Waals surface area contributed by atoms with Crippen LogP contribution in [-0.2, 0) is 6.42 Å². The van der Waals surface area contributed by atoms with E-state index in [1.54, 1.807) is 11.3 Å². The molecule has 0 aliphatic heterocycles. The number of rotatable bonds is 3. The molecule has 3 heteroatoms. The van der Waals surface area contributed by atoms with Crippen molar-refractivity contribution in [3.63, 3.8) is 0 Å². The van der Waals surface area contributed by atoms with E-state index in [0.717, 1.165) is 17.1 Å². The second-order valence-corrected chi connectivity index (χ2v) is 5.54. The molecule has 0 saturated heterocycles. The van der Waals surface area contributed by atoms with Crippen LogP contribution in [0.25, 0.3) is 0 Å². The van der Waals surface area contributed by atoms with Crippen LogP contribution in [0.3, 0.4) is 0 Å². The van der Waals surface area contributed by atoms with Crippen molar-refractivity contribution in [2.75, 3.05) is 0 Å². The summed E-state index contributed by atoms with van der Waals surface area (Å²) in [5.74, 6) is 0. The third kappa shape index (κ3) is 2.83. The van der Waals surface area contributed by atoms with Crippen molar-refractivity contribution < 1.29 is 0 Å². The highest BCUT2D eigenvalue weighted by Gasteiger charge is 2.11. The van der Waals surface area contributed by atoms with Gasteiger partial charge in [-0.05, 0) is 25.8 Å². The van der Waals surface area contributed by atoms with Gasteiger partial charge in [-0.2, -0.15) is 0 Å². The average Bonchev–Trinajstić information content (AvgIpc) is 2.68. The predicted octanol–water partition coefficient (Wildman–Crippen LogP) is 4.28. The van der Waals surface area contributed by atoms with E-state index < -0.39 is 0 Å². The number of alkyl halides is 1. The topological polar surface area (TPSA) is 12.9 Å². The Morgan fingerprint density at radius 1 is 1.25 bits per heavy atom. The lowest BCUT2D eigenvalue weighted by atomic mass is 10.1. The Labute approximate surface area is 105 Å². The Kier molecular flexibility index (Phi) is 3.62. The Morgan fingerprint density at radius 2 is 1.94 bits per heavy atom. The fourth-order valence-corrected chi connectivity index (χ4v) is 2.59. The molecule has 0 bridgehead atoms. The minimum Gasteiger partial charge on any atom is -0.245 e. The normalized spacial score (nSPS) is 12.7. The van der Waals surface area contributed by atoms with E-state index in [1.807, 2.05) is 12.3 Å². The van der Waals surface area contributed by atoms with Crippen LogP contribution in [0.15, 0.2) is 29.6 Å². The largest absolute Gasteiger partial charge is 0.245 e. The average molecular weight is 252 g/mol. The zero-order valence-corrected chi connectivity index (χ0v) is 11.0. The highest BCUT2D eigenvalue weighted by molar-refractivity contribution is 7.09. The third-order valence-electron chi connectivity index (χ3n) is 2.49. The fourth-order valence-electron chi connectivity index (χ4n) is 1.56. The van der Waals surface area contributed by atoms with Crippen LogP contribution in [0.5, 0.6) is 0 Å². The highest BCUT2D eigenvalue weighted by Crippen LogP contribution is 2.26. The standard InChI is InChI=1S/C13H14ClNS/c1-9-3-5-11(6-4-9)7-12(14)13-8-16-10(2)15-13/h3-6,8,12H,7H2,1-2H3. The molecule has 0 aliphatic rings. The van der Waals surface area contributed by atoms with Gasteiger partial charge >= 0.3 is 0 Å². The van der Waals surface area contributed by atoms with Crippen molar-refractivity contribution in [2.45, 2.75) is 25.6 Å². The van der Waals surface area contributed by atoms with Gasteiger partial charge in [-0.3, -0.25) is 0 Å². The van der Waals surface area contributed by atoms with E-state index in [-0.39, 0.29) is 5.38 Å². The first-order valence-electron chi connectivity index (χ1n) is 5.27. The van der Waals surface area contributed by atoms with Crippen molar-refractivity contribution in [2.24, 2.45) is 0 Å². The van der Waals surface area contributed by atoms with E-state index >= 15 is 0 Å². The lowest BCUT2D eigenvalue weighted by Gasteiger charge is -2.06. The molecule has 1 aromatic heterocycles. The van der Waals surface area contributed by atoms with Crippen molar-refractivity contribution in [3.05, 3.63) is 51.5 Å². The lowest BCUT2D eigenvalue weighted by Crippen LogP contribution is -1.96. The molecule has 0 aliphatic carbocycles. The van der Waals surface area contributed by atoms with Crippen LogP contribution in [0.1, 0.15) is 27.2 Å². The number of benzene rings is 1. The summed E-state index contributed by atoms with van der Waals surface area (Å²) in [6.45, 7) is 4.09. The maximum Gasteiger partial charge on any atom is 0.0897 e. The molecule has 2 aromatic rings. The molecule has 16 heavy (non-hydrogen) atoms. The number of hydrogen-bond acceptors (Lipinski definition) is 2. The number of nitrogens with zero attached hydrogens (tertiary/aromatic N) is 1. The number of hydrogen-bond donors (Lipinski definition) is 0. The molecule has 1 atom stereocenters. The van der Waals surface area contributed by atoms with Crippen LogP contribution in [-0.4, -0.2) is 4.98 Å². The molecule has 1 nitrogen and oxygen atoms in total. The van der Waals surface area contributed by atoms with Gasteiger partial charge in [0.25, 0.3) is 0 Å².